The summed E-state index contributed by atoms with van der Waals surface area (Å²) < 4.78 is 27.0. The lowest BCUT2D eigenvalue weighted by Gasteiger charge is -2.24. The quantitative estimate of drug-likeness (QED) is 0.377. The highest BCUT2D eigenvalue weighted by Crippen LogP contribution is 2.10. The predicted molar refractivity (Wildman–Crippen MR) is 96.2 cm³/mol. The molecule has 132 valence electrons. The van der Waals surface area contributed by atoms with Crippen molar-refractivity contribution in [3.8, 4) is 0 Å². The van der Waals surface area contributed by atoms with Gasteiger partial charge >= 0.3 is 18.1 Å². The first-order chi connectivity index (χ1) is 10.6. The summed E-state index contributed by atoms with van der Waals surface area (Å²) in [6, 6.07) is 0.904. The second kappa shape index (κ2) is 17.1. The molecule has 0 unspecified atom stereocenters. The lowest BCUT2D eigenvalue weighted by atomic mass is 10.8. The van der Waals surface area contributed by atoms with Gasteiger partial charge < -0.3 is 22.1 Å². The summed E-state index contributed by atoms with van der Waals surface area (Å²) in [5, 5.41) is 0. The van der Waals surface area contributed by atoms with E-state index in [1.807, 2.05) is 40.7 Å². The number of hydrogen-bond acceptors (Lipinski definition) is 5. The Bertz CT molecular complexity index is 241. The molecule has 0 aromatic heterocycles. The van der Waals surface area contributed by atoms with E-state index < -0.39 is 18.1 Å². The lowest BCUT2D eigenvalue weighted by molar-refractivity contribution is 0.0844. The van der Waals surface area contributed by atoms with Crippen molar-refractivity contribution in [2.75, 3.05) is 33.0 Å². The third kappa shape index (κ3) is 12.3. The maximum atomic E-state index is 5.44. The van der Waals surface area contributed by atoms with Crippen molar-refractivity contribution in [1.29, 1.82) is 0 Å². The standard InChI is InChI=1S/C8H18O3Si.C7H16O2Si/c1-5-9-12(8-4,10-6-2)11-7-3;1-4-7-10(8-5-2)9-6-3/h8H,4-7H2,1-3H3;4,10H,1,5-7H2,2-3H3. The molecule has 0 amide bonds. The van der Waals surface area contributed by atoms with Crippen LogP contribution >= 0.6 is 0 Å². The van der Waals surface area contributed by atoms with E-state index >= 15 is 0 Å². The van der Waals surface area contributed by atoms with Crippen LogP contribution in [0.25, 0.3) is 0 Å². The maximum absolute atomic E-state index is 5.44. The average molecular weight is 351 g/mol. The van der Waals surface area contributed by atoms with Crippen molar-refractivity contribution < 1.29 is 22.1 Å². The van der Waals surface area contributed by atoms with Gasteiger partial charge in [-0.3, -0.25) is 0 Å². The first-order valence-electron chi connectivity index (χ1n) is 7.98. The highest BCUT2D eigenvalue weighted by atomic mass is 28.4. The smallest absolute Gasteiger partial charge is 0.397 e. The Balaban J connectivity index is 0. The summed E-state index contributed by atoms with van der Waals surface area (Å²) in [6.45, 7) is 20.3. The van der Waals surface area contributed by atoms with Crippen molar-refractivity contribution in [3.05, 3.63) is 24.9 Å². The molecule has 0 fully saturated rings. The highest BCUT2D eigenvalue weighted by Gasteiger charge is 2.36. The number of rotatable bonds is 13. The van der Waals surface area contributed by atoms with E-state index in [1.165, 1.54) is 0 Å². The second-order valence-electron chi connectivity index (χ2n) is 3.97. The molecule has 5 nitrogen and oxygen atoms in total. The van der Waals surface area contributed by atoms with Crippen LogP contribution in [0.4, 0.5) is 0 Å². The SMILES string of the molecule is C=CC[SiH](OCC)OCC.C=C[Si](OCC)(OCC)OCC. The molecular formula is C15H34O5Si2. The molecule has 0 N–H and O–H groups in total. The van der Waals surface area contributed by atoms with Gasteiger partial charge in [-0.2, -0.15) is 0 Å². The second-order valence-corrected chi connectivity index (χ2v) is 8.45. The normalized spacial score (nSPS) is 11.0. The van der Waals surface area contributed by atoms with Gasteiger partial charge in [0.05, 0.1) is 0 Å². The van der Waals surface area contributed by atoms with Crippen LogP contribution in [0.15, 0.2) is 24.9 Å². The summed E-state index contributed by atoms with van der Waals surface area (Å²) in [5.41, 5.74) is 1.67. The van der Waals surface area contributed by atoms with Gasteiger partial charge in [-0.15, -0.1) is 6.58 Å². The van der Waals surface area contributed by atoms with Crippen molar-refractivity contribution in [3.63, 3.8) is 0 Å². The van der Waals surface area contributed by atoms with E-state index in [-0.39, 0.29) is 0 Å². The summed E-state index contributed by atoms with van der Waals surface area (Å²) >= 11 is 0. The first-order valence-corrected chi connectivity index (χ1v) is 11.5. The van der Waals surface area contributed by atoms with Crippen LogP contribution in [0.1, 0.15) is 34.6 Å². The van der Waals surface area contributed by atoms with Crippen molar-refractivity contribution in [2.45, 2.75) is 40.7 Å². The van der Waals surface area contributed by atoms with E-state index in [1.54, 1.807) is 5.70 Å². The minimum absolute atomic E-state index is 0.595. The van der Waals surface area contributed by atoms with Crippen molar-refractivity contribution in [2.24, 2.45) is 0 Å². The number of allylic oxidation sites excluding steroid dienone is 1. The van der Waals surface area contributed by atoms with Gasteiger partial charge in [0.25, 0.3) is 0 Å². The van der Waals surface area contributed by atoms with Gasteiger partial charge in [-0.1, -0.05) is 12.7 Å². The minimum atomic E-state index is -2.51. The van der Waals surface area contributed by atoms with Crippen LogP contribution < -0.4 is 0 Å². The fraction of sp³-hybridized carbons (Fsp3) is 0.733. The summed E-state index contributed by atoms with van der Waals surface area (Å²) in [7, 11) is -3.86. The zero-order chi connectivity index (χ0) is 17.3. The Morgan fingerprint density at radius 3 is 1.41 bits per heavy atom. The van der Waals surface area contributed by atoms with Gasteiger partial charge in [0.2, 0.25) is 0 Å². The minimum Gasteiger partial charge on any atom is -0.397 e. The van der Waals surface area contributed by atoms with Crippen LogP contribution in [-0.4, -0.2) is 51.1 Å². The van der Waals surface area contributed by atoms with E-state index in [9.17, 15) is 0 Å². The van der Waals surface area contributed by atoms with Crippen LogP contribution in [0.2, 0.25) is 6.04 Å². The molecule has 0 bridgehead atoms. The summed E-state index contributed by atoms with van der Waals surface area (Å²) in [5.74, 6) is 0. The van der Waals surface area contributed by atoms with Crippen molar-refractivity contribution in [1.82, 2.24) is 0 Å². The predicted octanol–water partition coefficient (Wildman–Crippen LogP) is 3.23. The molecule has 0 aromatic carbocycles. The Morgan fingerprint density at radius 2 is 1.18 bits per heavy atom. The van der Waals surface area contributed by atoms with E-state index in [0.717, 1.165) is 19.3 Å². The van der Waals surface area contributed by atoms with Gasteiger partial charge in [0.1, 0.15) is 0 Å². The van der Waals surface area contributed by atoms with Crippen LogP contribution in [0, 0.1) is 0 Å². The topological polar surface area (TPSA) is 46.2 Å². The molecule has 0 aliphatic rings. The molecule has 0 atom stereocenters. The number of hydrogen-bond donors (Lipinski definition) is 0. The first kappa shape index (κ1) is 24.0. The molecule has 0 radical (unpaired) electrons. The molecule has 0 spiro atoms. The monoisotopic (exact) mass is 350 g/mol. The average Bonchev–Trinajstić information content (AvgIpc) is 2.49. The molecule has 0 heterocycles. The zero-order valence-electron chi connectivity index (χ0n) is 14.9. The molecule has 22 heavy (non-hydrogen) atoms. The lowest BCUT2D eigenvalue weighted by Crippen LogP contribution is -2.44. The fourth-order valence-electron chi connectivity index (χ4n) is 1.60. The molecule has 0 saturated heterocycles. The summed E-state index contributed by atoms with van der Waals surface area (Å²) in [4.78, 5) is 0. The third-order valence-electron chi connectivity index (χ3n) is 2.35. The molecule has 0 rings (SSSR count). The Labute approximate surface area is 139 Å². The molecule has 0 aromatic rings. The van der Waals surface area contributed by atoms with Gasteiger partial charge in [-0.05, 0) is 40.3 Å². The molecule has 0 saturated carbocycles. The fourth-order valence-corrected chi connectivity index (χ4v) is 4.79. The third-order valence-corrected chi connectivity index (χ3v) is 7.05. The van der Waals surface area contributed by atoms with E-state index in [4.69, 9.17) is 22.1 Å². The van der Waals surface area contributed by atoms with E-state index in [2.05, 4.69) is 13.2 Å². The van der Waals surface area contributed by atoms with Crippen molar-refractivity contribution >= 4 is 18.1 Å². The molecular weight excluding hydrogens is 316 g/mol. The summed E-state index contributed by atoms with van der Waals surface area (Å²) in [6.07, 6.45) is 1.86. The Morgan fingerprint density at radius 1 is 0.773 bits per heavy atom. The van der Waals surface area contributed by atoms with Gasteiger partial charge in [-0.25, -0.2) is 0 Å². The van der Waals surface area contributed by atoms with E-state index in [0.29, 0.717) is 19.8 Å². The van der Waals surface area contributed by atoms with Crippen LogP contribution in [-0.2, 0) is 22.1 Å². The van der Waals surface area contributed by atoms with Crippen LogP contribution in [0.3, 0.4) is 0 Å². The molecule has 0 aliphatic carbocycles. The molecule has 0 aliphatic heterocycles. The Kier molecular flexibility index (Phi) is 18.6. The zero-order valence-corrected chi connectivity index (χ0v) is 17.1. The van der Waals surface area contributed by atoms with Crippen LogP contribution in [0.5, 0.6) is 0 Å². The molecule has 7 heteroatoms. The van der Waals surface area contributed by atoms with Gasteiger partial charge in [0.15, 0.2) is 0 Å². The maximum Gasteiger partial charge on any atom is 0.528 e. The largest absolute Gasteiger partial charge is 0.528 e. The highest BCUT2D eigenvalue weighted by molar-refractivity contribution is 6.66. The van der Waals surface area contributed by atoms with Gasteiger partial charge in [0, 0.05) is 39.1 Å². The Hall–Kier alpha value is -0.286.